The standard InChI is InChI=1S/C7H14N2O4S/c1-8(2)14(12,13)9-4-3-6(5-9)7(10)11/h6H,3-5H2,1-2H3,(H,10,11). The number of hydrogen-bond acceptors (Lipinski definition) is 3. The summed E-state index contributed by atoms with van der Waals surface area (Å²) in [5.74, 6) is -1.49. The van der Waals surface area contributed by atoms with Gasteiger partial charge in [-0.15, -0.1) is 0 Å². The van der Waals surface area contributed by atoms with Gasteiger partial charge in [-0.2, -0.15) is 17.0 Å². The first-order valence-corrected chi connectivity index (χ1v) is 5.66. The van der Waals surface area contributed by atoms with Crippen molar-refractivity contribution in [2.45, 2.75) is 6.42 Å². The van der Waals surface area contributed by atoms with E-state index in [1.54, 1.807) is 0 Å². The molecule has 0 bridgehead atoms. The average Bonchev–Trinajstić information content (AvgIpc) is 2.51. The predicted molar refractivity (Wildman–Crippen MR) is 49.9 cm³/mol. The van der Waals surface area contributed by atoms with Crippen LogP contribution in [-0.4, -0.2) is 55.3 Å². The Labute approximate surface area is 83.3 Å². The van der Waals surface area contributed by atoms with Gasteiger partial charge in [-0.3, -0.25) is 4.79 Å². The molecule has 0 aromatic rings. The van der Waals surface area contributed by atoms with E-state index in [2.05, 4.69) is 0 Å². The first-order valence-electron chi connectivity index (χ1n) is 4.26. The van der Waals surface area contributed by atoms with Crippen molar-refractivity contribution in [1.29, 1.82) is 0 Å². The van der Waals surface area contributed by atoms with Crippen LogP contribution in [0.5, 0.6) is 0 Å². The molecule has 0 amide bonds. The number of rotatable bonds is 3. The summed E-state index contributed by atoms with van der Waals surface area (Å²) in [6, 6.07) is 0. The molecule has 1 fully saturated rings. The third kappa shape index (κ3) is 2.05. The maximum Gasteiger partial charge on any atom is 0.307 e. The van der Waals surface area contributed by atoms with Crippen LogP contribution in [0, 0.1) is 5.92 Å². The highest BCUT2D eigenvalue weighted by molar-refractivity contribution is 7.86. The molecule has 14 heavy (non-hydrogen) atoms. The van der Waals surface area contributed by atoms with Gasteiger partial charge in [0.15, 0.2) is 0 Å². The number of carboxylic acid groups (broad SMARTS) is 1. The van der Waals surface area contributed by atoms with E-state index in [1.165, 1.54) is 18.4 Å². The molecule has 1 N–H and O–H groups in total. The van der Waals surface area contributed by atoms with Crippen LogP contribution in [0.15, 0.2) is 0 Å². The van der Waals surface area contributed by atoms with Gasteiger partial charge in [0.1, 0.15) is 0 Å². The molecule has 0 aromatic carbocycles. The second-order valence-electron chi connectivity index (χ2n) is 3.47. The van der Waals surface area contributed by atoms with E-state index in [1.807, 2.05) is 0 Å². The Morgan fingerprint density at radius 1 is 1.50 bits per heavy atom. The lowest BCUT2D eigenvalue weighted by Crippen LogP contribution is -2.38. The van der Waals surface area contributed by atoms with Gasteiger partial charge >= 0.3 is 5.97 Å². The molecular formula is C7H14N2O4S. The van der Waals surface area contributed by atoms with E-state index in [0.29, 0.717) is 6.42 Å². The largest absolute Gasteiger partial charge is 0.481 e. The minimum Gasteiger partial charge on any atom is -0.481 e. The summed E-state index contributed by atoms with van der Waals surface area (Å²) in [6.07, 6.45) is 0.391. The fourth-order valence-electron chi connectivity index (χ4n) is 1.37. The number of carboxylic acids is 1. The van der Waals surface area contributed by atoms with Crippen LogP contribution in [0.2, 0.25) is 0 Å². The predicted octanol–water partition coefficient (Wildman–Crippen LogP) is -0.801. The van der Waals surface area contributed by atoms with E-state index < -0.39 is 22.1 Å². The smallest absolute Gasteiger partial charge is 0.307 e. The summed E-state index contributed by atoms with van der Waals surface area (Å²) in [5.41, 5.74) is 0. The SMILES string of the molecule is CN(C)S(=O)(=O)N1CCC(C(=O)O)C1. The zero-order chi connectivity index (χ0) is 10.9. The molecule has 0 aliphatic carbocycles. The van der Waals surface area contributed by atoms with Gasteiger partial charge in [0.2, 0.25) is 0 Å². The molecule has 1 saturated heterocycles. The second kappa shape index (κ2) is 3.84. The highest BCUT2D eigenvalue weighted by Crippen LogP contribution is 2.20. The summed E-state index contributed by atoms with van der Waals surface area (Å²) >= 11 is 0. The van der Waals surface area contributed by atoms with Crippen LogP contribution in [0.3, 0.4) is 0 Å². The van der Waals surface area contributed by atoms with Crippen LogP contribution < -0.4 is 0 Å². The third-order valence-corrected chi connectivity index (χ3v) is 4.20. The molecule has 1 aliphatic heterocycles. The minimum atomic E-state index is -3.44. The van der Waals surface area contributed by atoms with Gasteiger partial charge in [-0.1, -0.05) is 0 Å². The quantitative estimate of drug-likeness (QED) is 0.678. The molecular weight excluding hydrogens is 208 g/mol. The number of aliphatic carboxylic acids is 1. The van der Waals surface area contributed by atoms with E-state index in [0.717, 1.165) is 4.31 Å². The van der Waals surface area contributed by atoms with Crippen molar-refractivity contribution in [3.63, 3.8) is 0 Å². The van der Waals surface area contributed by atoms with Gasteiger partial charge in [0.25, 0.3) is 10.2 Å². The lowest BCUT2D eigenvalue weighted by molar-refractivity contribution is -0.141. The molecule has 0 saturated carbocycles. The van der Waals surface area contributed by atoms with Crippen LogP contribution in [0.4, 0.5) is 0 Å². The lowest BCUT2D eigenvalue weighted by atomic mass is 10.1. The normalized spacial score (nSPS) is 24.4. The van der Waals surface area contributed by atoms with E-state index in [4.69, 9.17) is 5.11 Å². The molecule has 1 rings (SSSR count). The van der Waals surface area contributed by atoms with Crippen molar-refractivity contribution in [1.82, 2.24) is 8.61 Å². The highest BCUT2D eigenvalue weighted by Gasteiger charge is 2.35. The zero-order valence-electron chi connectivity index (χ0n) is 8.17. The number of nitrogens with zero attached hydrogens (tertiary/aromatic N) is 2. The maximum absolute atomic E-state index is 11.6. The molecule has 82 valence electrons. The average molecular weight is 222 g/mol. The van der Waals surface area contributed by atoms with Crippen LogP contribution in [0.1, 0.15) is 6.42 Å². The molecule has 1 aliphatic rings. The second-order valence-corrected chi connectivity index (χ2v) is 5.61. The van der Waals surface area contributed by atoms with Crippen LogP contribution in [-0.2, 0) is 15.0 Å². The number of hydrogen-bond donors (Lipinski definition) is 1. The topological polar surface area (TPSA) is 77.9 Å². The summed E-state index contributed by atoms with van der Waals surface area (Å²) < 4.78 is 25.4. The molecule has 1 atom stereocenters. The molecule has 0 aromatic heterocycles. The molecule has 1 heterocycles. The monoisotopic (exact) mass is 222 g/mol. The van der Waals surface area contributed by atoms with Gasteiger partial charge in [-0.25, -0.2) is 0 Å². The Morgan fingerprint density at radius 2 is 2.07 bits per heavy atom. The van der Waals surface area contributed by atoms with E-state index in [9.17, 15) is 13.2 Å². The number of carbonyl (C=O) groups is 1. The Balaban J connectivity index is 2.72. The van der Waals surface area contributed by atoms with Crippen molar-refractivity contribution in [3.8, 4) is 0 Å². The molecule has 1 unspecified atom stereocenters. The fourth-order valence-corrected chi connectivity index (χ4v) is 2.54. The summed E-state index contributed by atoms with van der Waals surface area (Å²) in [4.78, 5) is 10.6. The minimum absolute atomic E-state index is 0.0792. The molecule has 6 nitrogen and oxygen atoms in total. The van der Waals surface area contributed by atoms with Crippen molar-refractivity contribution in [2.75, 3.05) is 27.2 Å². The van der Waals surface area contributed by atoms with Crippen LogP contribution >= 0.6 is 0 Å². The Hall–Kier alpha value is -0.660. The molecule has 0 spiro atoms. The van der Waals surface area contributed by atoms with Crippen LogP contribution in [0.25, 0.3) is 0 Å². The fraction of sp³-hybridized carbons (Fsp3) is 0.857. The van der Waals surface area contributed by atoms with Gasteiger partial charge in [-0.05, 0) is 6.42 Å². The van der Waals surface area contributed by atoms with Crippen molar-refractivity contribution >= 4 is 16.2 Å². The van der Waals surface area contributed by atoms with Crippen molar-refractivity contribution < 1.29 is 18.3 Å². The molecule has 0 radical (unpaired) electrons. The first-order chi connectivity index (χ1) is 6.35. The Morgan fingerprint density at radius 3 is 2.43 bits per heavy atom. The van der Waals surface area contributed by atoms with Gasteiger partial charge < -0.3 is 5.11 Å². The summed E-state index contributed by atoms with van der Waals surface area (Å²) in [5, 5.41) is 8.70. The Kier molecular flexibility index (Phi) is 3.13. The highest BCUT2D eigenvalue weighted by atomic mass is 32.2. The van der Waals surface area contributed by atoms with Crippen molar-refractivity contribution in [3.05, 3.63) is 0 Å². The van der Waals surface area contributed by atoms with E-state index >= 15 is 0 Å². The maximum atomic E-state index is 11.6. The summed E-state index contributed by atoms with van der Waals surface area (Å²) in [6.45, 7) is 0.368. The zero-order valence-corrected chi connectivity index (χ0v) is 8.99. The van der Waals surface area contributed by atoms with Gasteiger partial charge in [0, 0.05) is 27.2 Å². The van der Waals surface area contributed by atoms with Crippen molar-refractivity contribution in [2.24, 2.45) is 5.92 Å². The summed E-state index contributed by atoms with van der Waals surface area (Å²) in [7, 11) is -0.572. The van der Waals surface area contributed by atoms with E-state index in [-0.39, 0.29) is 13.1 Å². The molecule has 7 heteroatoms. The third-order valence-electron chi connectivity index (χ3n) is 2.29. The first kappa shape index (κ1) is 11.4. The van der Waals surface area contributed by atoms with Gasteiger partial charge in [0.05, 0.1) is 5.92 Å². The Bertz CT molecular complexity index is 325. The lowest BCUT2D eigenvalue weighted by Gasteiger charge is -2.20.